The number of thioether (sulfide) groups is 1. The highest BCUT2D eigenvalue weighted by Gasteiger charge is 2.29. The van der Waals surface area contributed by atoms with Crippen molar-refractivity contribution in [3.8, 4) is 23.8 Å². The van der Waals surface area contributed by atoms with Gasteiger partial charge in [-0.2, -0.15) is 0 Å². The predicted octanol–water partition coefficient (Wildman–Crippen LogP) is 2.63. The molecule has 1 fully saturated rings. The molecule has 0 atom stereocenters. The number of benzene rings is 1. The summed E-state index contributed by atoms with van der Waals surface area (Å²) in [5, 5.41) is 0.681. The maximum absolute atomic E-state index is 12.2. The molecular weight excluding hydrogens is 312 g/mol. The number of rotatable bonds is 5. The van der Waals surface area contributed by atoms with Gasteiger partial charge >= 0.3 is 0 Å². The van der Waals surface area contributed by atoms with E-state index in [1.807, 2.05) is 25.1 Å². The van der Waals surface area contributed by atoms with Crippen molar-refractivity contribution in [1.82, 2.24) is 4.90 Å². The number of likely N-dealkylation sites (N-methyl/N-ethyl adjacent to an activating group) is 1. The molecule has 1 saturated heterocycles. The summed E-state index contributed by atoms with van der Waals surface area (Å²) in [6.45, 7) is 2.58. The lowest BCUT2D eigenvalue weighted by molar-refractivity contribution is -0.121. The highest BCUT2D eigenvalue weighted by molar-refractivity contribution is 8.18. The highest BCUT2D eigenvalue weighted by Crippen LogP contribution is 2.34. The molecule has 5 nitrogen and oxygen atoms in total. The van der Waals surface area contributed by atoms with Gasteiger partial charge < -0.3 is 9.47 Å². The number of amides is 1. The molecule has 1 aliphatic heterocycles. The Morgan fingerprint density at radius 3 is 2.78 bits per heavy atom. The van der Waals surface area contributed by atoms with Crippen LogP contribution in [0.3, 0.4) is 0 Å². The van der Waals surface area contributed by atoms with E-state index in [1.165, 1.54) is 16.7 Å². The molecule has 0 aromatic heterocycles. The zero-order valence-corrected chi connectivity index (χ0v) is 14.1. The van der Waals surface area contributed by atoms with Gasteiger partial charge in [0.2, 0.25) is 0 Å². The zero-order valence-electron chi connectivity index (χ0n) is 13.3. The van der Waals surface area contributed by atoms with Crippen LogP contribution < -0.4 is 9.47 Å². The van der Waals surface area contributed by atoms with E-state index in [-0.39, 0.29) is 12.5 Å². The van der Waals surface area contributed by atoms with Crippen LogP contribution in [0, 0.1) is 12.3 Å². The fourth-order valence-corrected chi connectivity index (χ4v) is 2.95. The first-order chi connectivity index (χ1) is 11.1. The summed E-state index contributed by atoms with van der Waals surface area (Å²) in [4.78, 5) is 18.4. The number of aliphatic imine (C=N–C) groups is 1. The van der Waals surface area contributed by atoms with Crippen molar-refractivity contribution < 1.29 is 14.3 Å². The van der Waals surface area contributed by atoms with E-state index in [2.05, 4.69) is 10.9 Å². The summed E-state index contributed by atoms with van der Waals surface area (Å²) >= 11 is 1.35. The number of hydrogen-bond acceptors (Lipinski definition) is 5. The molecule has 6 heteroatoms. The molecule has 0 radical (unpaired) electrons. The Kier molecular flexibility index (Phi) is 5.72. The number of ether oxygens (including phenoxy) is 2. The molecule has 0 unspecified atom stereocenters. The minimum absolute atomic E-state index is 0.0683. The van der Waals surface area contributed by atoms with Gasteiger partial charge in [0, 0.05) is 14.1 Å². The maximum atomic E-state index is 12.2. The van der Waals surface area contributed by atoms with E-state index in [0.717, 1.165) is 5.56 Å². The Morgan fingerprint density at radius 1 is 1.39 bits per heavy atom. The van der Waals surface area contributed by atoms with Crippen LogP contribution in [0.15, 0.2) is 28.1 Å². The number of hydrogen-bond donors (Lipinski definition) is 0. The van der Waals surface area contributed by atoms with Crippen molar-refractivity contribution in [1.29, 1.82) is 0 Å². The van der Waals surface area contributed by atoms with Crippen LogP contribution in [0.2, 0.25) is 0 Å². The fraction of sp³-hybridized carbons (Fsp3) is 0.294. The van der Waals surface area contributed by atoms with Crippen molar-refractivity contribution >= 4 is 28.9 Å². The number of carbonyl (C=O) groups excluding carboxylic acids is 1. The van der Waals surface area contributed by atoms with Crippen LogP contribution >= 0.6 is 11.8 Å². The van der Waals surface area contributed by atoms with Crippen LogP contribution in [0.5, 0.6) is 11.5 Å². The van der Waals surface area contributed by atoms with E-state index >= 15 is 0 Å². The third kappa shape index (κ3) is 3.88. The van der Waals surface area contributed by atoms with Gasteiger partial charge in [0.1, 0.15) is 6.61 Å². The smallest absolute Gasteiger partial charge is 0.266 e. The monoisotopic (exact) mass is 330 g/mol. The summed E-state index contributed by atoms with van der Waals surface area (Å²) in [5.41, 5.74) is 0.850. The normalized spacial score (nSPS) is 17.7. The second-order valence-electron chi connectivity index (χ2n) is 4.61. The molecular formula is C17H18N2O3S. The van der Waals surface area contributed by atoms with Gasteiger partial charge in [-0.05, 0) is 42.5 Å². The van der Waals surface area contributed by atoms with Gasteiger partial charge in [-0.25, -0.2) is 0 Å². The van der Waals surface area contributed by atoms with Crippen LogP contribution in [-0.4, -0.2) is 43.3 Å². The summed E-state index contributed by atoms with van der Waals surface area (Å²) in [6, 6.07) is 5.48. The van der Waals surface area contributed by atoms with Crippen molar-refractivity contribution in [3.63, 3.8) is 0 Å². The van der Waals surface area contributed by atoms with Gasteiger partial charge in [0.25, 0.3) is 5.91 Å². The minimum Gasteiger partial charge on any atom is -0.490 e. The highest BCUT2D eigenvalue weighted by atomic mass is 32.2. The fourth-order valence-electron chi connectivity index (χ4n) is 2.02. The molecule has 0 bridgehead atoms. The Bertz CT molecular complexity index is 704. The molecule has 1 amide bonds. The van der Waals surface area contributed by atoms with Gasteiger partial charge in [-0.3, -0.25) is 14.7 Å². The first kappa shape index (κ1) is 17.0. The minimum atomic E-state index is -0.0683. The van der Waals surface area contributed by atoms with E-state index in [0.29, 0.717) is 28.2 Å². The van der Waals surface area contributed by atoms with Crippen molar-refractivity contribution in [2.45, 2.75) is 6.92 Å². The van der Waals surface area contributed by atoms with Gasteiger partial charge in [0.15, 0.2) is 16.7 Å². The molecule has 120 valence electrons. The quantitative estimate of drug-likeness (QED) is 0.615. The van der Waals surface area contributed by atoms with Crippen LogP contribution in [0.4, 0.5) is 0 Å². The van der Waals surface area contributed by atoms with E-state index in [4.69, 9.17) is 15.9 Å². The molecule has 0 spiro atoms. The third-order valence-electron chi connectivity index (χ3n) is 3.07. The van der Waals surface area contributed by atoms with Crippen LogP contribution in [-0.2, 0) is 4.79 Å². The molecule has 1 aromatic rings. The van der Waals surface area contributed by atoms with Crippen molar-refractivity contribution in [2.24, 2.45) is 4.99 Å². The molecule has 1 aliphatic rings. The molecule has 23 heavy (non-hydrogen) atoms. The van der Waals surface area contributed by atoms with Crippen molar-refractivity contribution in [2.75, 3.05) is 27.3 Å². The molecule has 1 aromatic carbocycles. The summed E-state index contributed by atoms with van der Waals surface area (Å²) in [5.74, 6) is 3.55. The predicted molar refractivity (Wildman–Crippen MR) is 93.6 cm³/mol. The average molecular weight is 330 g/mol. The molecule has 1 heterocycles. The Labute approximate surface area is 140 Å². The Balaban J connectivity index is 2.30. The summed E-state index contributed by atoms with van der Waals surface area (Å²) in [7, 11) is 3.38. The molecule has 0 N–H and O–H groups in total. The zero-order chi connectivity index (χ0) is 16.8. The van der Waals surface area contributed by atoms with E-state index in [1.54, 1.807) is 20.2 Å². The van der Waals surface area contributed by atoms with Gasteiger partial charge in [-0.1, -0.05) is 12.0 Å². The molecule has 0 aliphatic carbocycles. The number of nitrogens with zero attached hydrogens (tertiary/aromatic N) is 2. The summed E-state index contributed by atoms with van der Waals surface area (Å²) < 4.78 is 11.0. The average Bonchev–Trinajstić information content (AvgIpc) is 2.82. The summed E-state index contributed by atoms with van der Waals surface area (Å²) in [6.07, 6.45) is 7.03. The molecule has 0 saturated carbocycles. The van der Waals surface area contributed by atoms with Crippen molar-refractivity contribution in [3.05, 3.63) is 28.7 Å². The lowest BCUT2D eigenvalue weighted by Crippen LogP contribution is -2.23. The second-order valence-corrected chi connectivity index (χ2v) is 5.62. The van der Waals surface area contributed by atoms with Gasteiger partial charge in [-0.15, -0.1) is 6.42 Å². The third-order valence-corrected chi connectivity index (χ3v) is 4.22. The first-order valence-corrected chi connectivity index (χ1v) is 7.89. The SMILES string of the molecule is C#CCOc1ccc(/C=C2/SC(=NC)N(C)C2=O)cc1OCC. The number of carbonyl (C=O) groups is 1. The lowest BCUT2D eigenvalue weighted by atomic mass is 10.2. The van der Waals surface area contributed by atoms with E-state index < -0.39 is 0 Å². The topological polar surface area (TPSA) is 51.1 Å². The van der Waals surface area contributed by atoms with Crippen LogP contribution in [0.1, 0.15) is 12.5 Å². The maximum Gasteiger partial charge on any atom is 0.266 e. The lowest BCUT2D eigenvalue weighted by Gasteiger charge is -2.11. The first-order valence-electron chi connectivity index (χ1n) is 7.08. The molecule has 2 rings (SSSR count). The largest absolute Gasteiger partial charge is 0.490 e. The Morgan fingerprint density at radius 2 is 2.17 bits per heavy atom. The number of amidine groups is 1. The standard InChI is InChI=1S/C17H18N2O3S/c1-5-9-22-13-8-7-12(10-14(13)21-6-2)11-15-16(20)19(4)17(18-3)23-15/h1,7-8,10-11H,6,9H2,2-4H3/b15-11+,18-17?. The van der Waals surface area contributed by atoms with E-state index in [9.17, 15) is 4.79 Å². The van der Waals surface area contributed by atoms with Crippen LogP contribution in [0.25, 0.3) is 6.08 Å². The number of terminal acetylenes is 1. The Hall–Kier alpha value is -2.39. The second kappa shape index (κ2) is 7.75. The van der Waals surface area contributed by atoms with Gasteiger partial charge in [0.05, 0.1) is 11.5 Å².